The maximum atomic E-state index is 9.18. The van der Waals surface area contributed by atoms with Crippen molar-refractivity contribution in [2.75, 3.05) is 0 Å². The van der Waals surface area contributed by atoms with Crippen LogP contribution >= 0.6 is 0 Å². The van der Waals surface area contributed by atoms with Gasteiger partial charge in [0.15, 0.2) is 11.5 Å². The Morgan fingerprint density at radius 1 is 1.42 bits per heavy atom. The first-order chi connectivity index (χ1) is 5.69. The lowest BCUT2D eigenvalue weighted by molar-refractivity contribution is 0.399. The lowest BCUT2D eigenvalue weighted by Crippen LogP contribution is -1.97. The molecule has 0 saturated carbocycles. The zero-order valence-electron chi connectivity index (χ0n) is 6.28. The van der Waals surface area contributed by atoms with E-state index < -0.39 is 0 Å². The molecule has 0 aliphatic rings. The lowest BCUT2D eigenvalue weighted by Gasteiger charge is -2.03. The number of hydrogen-bond acceptors (Lipinski definition) is 4. The molecular formula is C8H8N2O2. The summed E-state index contributed by atoms with van der Waals surface area (Å²) >= 11 is 0. The van der Waals surface area contributed by atoms with Gasteiger partial charge in [0.2, 0.25) is 0 Å². The third-order valence-electron chi connectivity index (χ3n) is 1.52. The average molecular weight is 164 g/mol. The van der Waals surface area contributed by atoms with E-state index in [9.17, 15) is 5.11 Å². The van der Waals surface area contributed by atoms with Crippen LogP contribution in [0.1, 0.15) is 11.1 Å². The summed E-state index contributed by atoms with van der Waals surface area (Å²) in [5.74, 6) is -0.564. The number of nitriles is 1. The van der Waals surface area contributed by atoms with Gasteiger partial charge in [-0.3, -0.25) is 0 Å². The minimum Gasteiger partial charge on any atom is -0.504 e. The van der Waals surface area contributed by atoms with E-state index in [0.29, 0.717) is 5.56 Å². The Labute approximate surface area is 69.5 Å². The van der Waals surface area contributed by atoms with Crippen LogP contribution in [0.5, 0.6) is 11.5 Å². The van der Waals surface area contributed by atoms with E-state index in [4.69, 9.17) is 16.1 Å². The molecule has 62 valence electrons. The molecule has 1 aromatic carbocycles. The summed E-state index contributed by atoms with van der Waals surface area (Å²) < 4.78 is 0. The number of nitrogens with two attached hydrogens (primary N) is 1. The van der Waals surface area contributed by atoms with Gasteiger partial charge in [-0.2, -0.15) is 5.26 Å². The standard InChI is InChI=1S/C8H8N2O2/c9-3-5-1-6(4-10)8(12)7(11)2-5/h1-2,11-12H,4,10H2. The Morgan fingerprint density at radius 3 is 2.58 bits per heavy atom. The number of phenolic OH excluding ortho intramolecular Hbond substituents is 2. The summed E-state index contributed by atoms with van der Waals surface area (Å²) in [4.78, 5) is 0. The third kappa shape index (κ3) is 1.31. The predicted octanol–water partition coefficient (Wildman–Crippen LogP) is 0.428. The summed E-state index contributed by atoms with van der Waals surface area (Å²) in [5, 5.41) is 26.8. The molecule has 0 radical (unpaired) electrons. The minimum atomic E-state index is -0.311. The second kappa shape index (κ2) is 3.11. The zero-order valence-corrected chi connectivity index (χ0v) is 6.28. The molecular weight excluding hydrogens is 156 g/mol. The lowest BCUT2D eigenvalue weighted by atomic mass is 10.1. The molecule has 0 aliphatic carbocycles. The topological polar surface area (TPSA) is 90.3 Å². The van der Waals surface area contributed by atoms with Crippen LogP contribution in [-0.4, -0.2) is 10.2 Å². The van der Waals surface area contributed by atoms with Gasteiger partial charge in [-0.25, -0.2) is 0 Å². The van der Waals surface area contributed by atoms with Crippen LogP contribution in [0.4, 0.5) is 0 Å². The van der Waals surface area contributed by atoms with Crippen molar-refractivity contribution in [2.45, 2.75) is 6.54 Å². The monoisotopic (exact) mass is 164 g/mol. The van der Waals surface area contributed by atoms with Gasteiger partial charge in [-0.15, -0.1) is 0 Å². The van der Waals surface area contributed by atoms with E-state index in [1.54, 1.807) is 0 Å². The van der Waals surface area contributed by atoms with Crippen molar-refractivity contribution < 1.29 is 10.2 Å². The molecule has 0 aromatic heterocycles. The highest BCUT2D eigenvalue weighted by Gasteiger charge is 2.06. The van der Waals surface area contributed by atoms with Gasteiger partial charge < -0.3 is 15.9 Å². The van der Waals surface area contributed by atoms with Gasteiger partial charge in [-0.1, -0.05) is 0 Å². The molecule has 4 heteroatoms. The Balaban J connectivity index is 3.31. The molecule has 4 N–H and O–H groups in total. The molecule has 0 bridgehead atoms. The first-order valence-corrected chi connectivity index (χ1v) is 3.34. The number of benzene rings is 1. The third-order valence-corrected chi connectivity index (χ3v) is 1.52. The highest BCUT2D eigenvalue weighted by Crippen LogP contribution is 2.29. The Morgan fingerprint density at radius 2 is 2.08 bits per heavy atom. The number of nitrogens with zero attached hydrogens (tertiary/aromatic N) is 1. The Kier molecular flexibility index (Phi) is 2.17. The van der Waals surface area contributed by atoms with Crippen LogP contribution in [0.2, 0.25) is 0 Å². The molecule has 0 fully saturated rings. The fraction of sp³-hybridized carbons (Fsp3) is 0.125. The molecule has 0 atom stereocenters. The highest BCUT2D eigenvalue weighted by atomic mass is 16.3. The van der Waals surface area contributed by atoms with Crippen LogP contribution < -0.4 is 5.73 Å². The van der Waals surface area contributed by atoms with Crippen molar-refractivity contribution in [3.05, 3.63) is 23.3 Å². The fourth-order valence-electron chi connectivity index (χ4n) is 0.898. The highest BCUT2D eigenvalue weighted by molar-refractivity contribution is 5.50. The largest absolute Gasteiger partial charge is 0.504 e. The van der Waals surface area contributed by atoms with Gasteiger partial charge >= 0.3 is 0 Å². The number of rotatable bonds is 1. The quantitative estimate of drug-likeness (QED) is 0.525. The van der Waals surface area contributed by atoms with Crippen LogP contribution in [0.3, 0.4) is 0 Å². The smallest absolute Gasteiger partial charge is 0.162 e. The molecule has 0 saturated heterocycles. The maximum absolute atomic E-state index is 9.18. The van der Waals surface area contributed by atoms with Gasteiger partial charge in [0, 0.05) is 18.2 Å². The minimum absolute atomic E-state index is 0.0922. The Hall–Kier alpha value is -1.73. The average Bonchev–Trinajstić information content (AvgIpc) is 2.09. The number of aromatic hydroxyl groups is 2. The van der Waals surface area contributed by atoms with Gasteiger partial charge in [-0.05, 0) is 6.07 Å². The predicted molar refractivity (Wildman–Crippen MR) is 42.4 cm³/mol. The number of phenols is 2. The molecule has 1 rings (SSSR count). The summed E-state index contributed by atoms with van der Waals surface area (Å²) in [5.41, 5.74) is 5.91. The van der Waals surface area contributed by atoms with E-state index >= 15 is 0 Å². The second-order valence-electron chi connectivity index (χ2n) is 2.32. The first kappa shape index (κ1) is 8.37. The molecule has 0 spiro atoms. The van der Waals surface area contributed by atoms with E-state index in [-0.39, 0.29) is 23.6 Å². The molecule has 4 nitrogen and oxygen atoms in total. The van der Waals surface area contributed by atoms with Crippen LogP contribution in [-0.2, 0) is 6.54 Å². The molecule has 0 aliphatic heterocycles. The van der Waals surface area contributed by atoms with Crippen molar-refractivity contribution in [1.82, 2.24) is 0 Å². The van der Waals surface area contributed by atoms with Crippen molar-refractivity contribution in [3.8, 4) is 17.6 Å². The van der Waals surface area contributed by atoms with Crippen molar-refractivity contribution in [1.29, 1.82) is 5.26 Å². The normalized spacial score (nSPS) is 9.33. The molecule has 12 heavy (non-hydrogen) atoms. The zero-order chi connectivity index (χ0) is 9.14. The maximum Gasteiger partial charge on any atom is 0.162 e. The van der Waals surface area contributed by atoms with Crippen molar-refractivity contribution in [2.24, 2.45) is 5.73 Å². The van der Waals surface area contributed by atoms with E-state index in [0.717, 1.165) is 0 Å². The summed E-state index contributed by atoms with van der Waals surface area (Å²) in [6, 6.07) is 4.47. The van der Waals surface area contributed by atoms with Crippen molar-refractivity contribution in [3.63, 3.8) is 0 Å². The second-order valence-corrected chi connectivity index (χ2v) is 2.32. The summed E-state index contributed by atoms with van der Waals surface area (Å²) in [6.45, 7) is 0.0922. The molecule has 0 heterocycles. The number of hydrogen-bond donors (Lipinski definition) is 3. The summed E-state index contributed by atoms with van der Waals surface area (Å²) in [6.07, 6.45) is 0. The van der Waals surface area contributed by atoms with Gasteiger partial charge in [0.25, 0.3) is 0 Å². The van der Waals surface area contributed by atoms with Crippen LogP contribution in [0.25, 0.3) is 0 Å². The fourth-order valence-corrected chi connectivity index (χ4v) is 0.898. The molecule has 0 amide bonds. The Bertz CT molecular complexity index is 342. The van der Waals surface area contributed by atoms with Crippen LogP contribution in [0, 0.1) is 11.3 Å². The van der Waals surface area contributed by atoms with E-state index in [1.165, 1.54) is 12.1 Å². The van der Waals surface area contributed by atoms with E-state index in [1.807, 2.05) is 6.07 Å². The summed E-state index contributed by atoms with van der Waals surface area (Å²) in [7, 11) is 0. The van der Waals surface area contributed by atoms with Gasteiger partial charge in [0.1, 0.15) is 0 Å². The first-order valence-electron chi connectivity index (χ1n) is 3.34. The molecule has 0 unspecified atom stereocenters. The molecule has 1 aromatic rings. The van der Waals surface area contributed by atoms with Crippen LogP contribution in [0.15, 0.2) is 12.1 Å². The van der Waals surface area contributed by atoms with Gasteiger partial charge in [0.05, 0.1) is 11.6 Å². The SMILES string of the molecule is N#Cc1cc(O)c(O)c(CN)c1. The van der Waals surface area contributed by atoms with E-state index in [2.05, 4.69) is 0 Å². The van der Waals surface area contributed by atoms with Crippen molar-refractivity contribution >= 4 is 0 Å².